The molecule has 0 aliphatic heterocycles. The van der Waals surface area contributed by atoms with Crippen LogP contribution in [0.5, 0.6) is 0 Å². The molecule has 0 bridgehead atoms. The quantitative estimate of drug-likeness (QED) is 0.314. The van der Waals surface area contributed by atoms with Crippen molar-refractivity contribution in [3.8, 4) is 0 Å². The summed E-state index contributed by atoms with van der Waals surface area (Å²) in [6.07, 6.45) is 5.47. The molecule has 204 valence electrons. The Kier molecular flexibility index (Phi) is 6.90. The number of aliphatic hydroxyl groups is 2. The molecule has 0 saturated heterocycles. The van der Waals surface area contributed by atoms with Crippen molar-refractivity contribution in [3.63, 3.8) is 0 Å². The third-order valence-electron chi connectivity index (χ3n) is 10.2. The van der Waals surface area contributed by atoms with E-state index in [2.05, 4.69) is 0 Å². The van der Waals surface area contributed by atoms with Crippen molar-refractivity contribution in [1.29, 1.82) is 0 Å². The second-order valence-corrected chi connectivity index (χ2v) is 12.3. The number of aliphatic hydroxyl groups excluding tert-OH is 1. The van der Waals surface area contributed by atoms with Crippen LogP contribution in [0, 0.1) is 40.9 Å². The van der Waals surface area contributed by atoms with Gasteiger partial charge in [-0.05, 0) is 44.8 Å². The monoisotopic (exact) mass is 514 g/mol. The number of carbonyl (C=O) groups excluding carboxylic acids is 3. The van der Waals surface area contributed by atoms with E-state index < -0.39 is 52.4 Å². The van der Waals surface area contributed by atoms with Gasteiger partial charge in [-0.1, -0.05) is 52.8 Å². The van der Waals surface area contributed by atoms with Gasteiger partial charge in [-0.15, -0.1) is 0 Å². The lowest BCUT2D eigenvalue weighted by atomic mass is 9.59. The molecule has 0 aromatic heterocycles. The largest absolute Gasteiger partial charge is 0.454 e. The molecule has 2 fully saturated rings. The van der Waals surface area contributed by atoms with E-state index in [1.54, 1.807) is 26.8 Å². The first-order chi connectivity index (χ1) is 17.2. The number of ether oxygens (including phenoxy) is 2. The molecule has 4 aliphatic rings. The number of esters is 2. The van der Waals surface area contributed by atoms with E-state index in [1.807, 2.05) is 46.8 Å². The minimum atomic E-state index is -1.45. The van der Waals surface area contributed by atoms with Gasteiger partial charge in [0, 0.05) is 40.6 Å². The summed E-state index contributed by atoms with van der Waals surface area (Å²) in [6, 6.07) is 0. The average Bonchev–Trinajstić information content (AvgIpc) is 3.26. The molecule has 0 heterocycles. The molecule has 0 amide bonds. The lowest BCUT2D eigenvalue weighted by molar-refractivity contribution is -0.220. The predicted molar refractivity (Wildman–Crippen MR) is 138 cm³/mol. The molecule has 0 unspecified atom stereocenters. The highest BCUT2D eigenvalue weighted by atomic mass is 16.6. The highest BCUT2D eigenvalue weighted by Crippen LogP contribution is 2.77. The number of fused-ring (bicyclic) bond motifs is 5. The maximum atomic E-state index is 13.2. The Morgan fingerprint density at radius 2 is 1.89 bits per heavy atom. The van der Waals surface area contributed by atoms with Crippen molar-refractivity contribution >= 4 is 17.7 Å². The van der Waals surface area contributed by atoms with Crippen molar-refractivity contribution in [2.24, 2.45) is 40.9 Å². The molecule has 7 heteroatoms. The maximum Gasteiger partial charge on any atom is 0.333 e. The molecule has 0 aromatic carbocycles. The van der Waals surface area contributed by atoms with E-state index in [4.69, 9.17) is 9.47 Å². The second-order valence-electron chi connectivity index (χ2n) is 12.3. The van der Waals surface area contributed by atoms with Crippen LogP contribution in [0.3, 0.4) is 0 Å². The Labute approximate surface area is 220 Å². The van der Waals surface area contributed by atoms with Gasteiger partial charge in [0.2, 0.25) is 0 Å². The SMILES string of the molecule is C/C=C(\C)C(=O)O[C@@H]1[C@@H](C)[C@]2(O)[C@@H]3C=C(C)C(=O)[C@H]3CC(CO)=C[C@H]2[C@@H]2C(C)(C)[C@]12OC(=O)[C@H](C)CC. The van der Waals surface area contributed by atoms with Crippen LogP contribution in [-0.4, -0.2) is 51.8 Å². The number of hydrogen-bond acceptors (Lipinski definition) is 7. The topological polar surface area (TPSA) is 110 Å². The zero-order chi connectivity index (χ0) is 27.7. The second kappa shape index (κ2) is 9.19. The highest BCUT2D eigenvalue weighted by Gasteiger charge is 2.87. The number of ketones is 1. The van der Waals surface area contributed by atoms with Gasteiger partial charge in [-0.3, -0.25) is 9.59 Å². The van der Waals surface area contributed by atoms with Crippen molar-refractivity contribution in [2.75, 3.05) is 6.61 Å². The number of carbonyl (C=O) groups is 3. The molecule has 7 nitrogen and oxygen atoms in total. The predicted octanol–water partition coefficient (Wildman–Crippen LogP) is 3.93. The Morgan fingerprint density at radius 3 is 2.46 bits per heavy atom. The Balaban J connectivity index is 1.92. The van der Waals surface area contributed by atoms with E-state index >= 15 is 0 Å². The minimum absolute atomic E-state index is 0.0287. The molecule has 4 rings (SSSR count). The fourth-order valence-electron chi connectivity index (χ4n) is 7.52. The summed E-state index contributed by atoms with van der Waals surface area (Å²) in [5.74, 6) is -3.79. The van der Waals surface area contributed by atoms with Gasteiger partial charge in [0.15, 0.2) is 11.4 Å². The van der Waals surface area contributed by atoms with Crippen molar-refractivity contribution in [1.82, 2.24) is 0 Å². The molecular formula is C30H42O7. The summed E-state index contributed by atoms with van der Waals surface area (Å²) in [4.78, 5) is 39.5. The standard InChI is InChI=1S/C30H42O7/c1-9-15(3)26(33)36-25-18(6)29(35)21-11-17(5)23(32)20(21)12-19(14-31)13-22(29)24-28(7,8)30(24,25)37-27(34)16(4)10-2/h9,11,13,16,18,20-22,24-25,31,35H,10,12,14H2,1-8H3/b15-9+/t16-,18-,20+,21-,22+,24-,25-,29+,30-/m1/s1. The molecule has 9 atom stereocenters. The van der Waals surface area contributed by atoms with Gasteiger partial charge in [-0.2, -0.15) is 0 Å². The van der Waals surface area contributed by atoms with Crippen LogP contribution in [0.2, 0.25) is 0 Å². The van der Waals surface area contributed by atoms with Gasteiger partial charge in [0.05, 0.1) is 18.1 Å². The number of Topliss-reactive ketones (excluding diaryl/α,β-unsaturated/α-hetero) is 1. The van der Waals surface area contributed by atoms with Crippen LogP contribution in [0.15, 0.2) is 34.9 Å². The van der Waals surface area contributed by atoms with Gasteiger partial charge in [0.25, 0.3) is 0 Å². The summed E-state index contributed by atoms with van der Waals surface area (Å²) in [5, 5.41) is 22.9. The molecule has 2 N–H and O–H groups in total. The molecular weight excluding hydrogens is 472 g/mol. The van der Waals surface area contributed by atoms with Gasteiger partial charge < -0.3 is 19.7 Å². The fourth-order valence-corrected chi connectivity index (χ4v) is 7.52. The van der Waals surface area contributed by atoms with Gasteiger partial charge in [0.1, 0.15) is 6.10 Å². The first-order valence-corrected chi connectivity index (χ1v) is 13.6. The summed E-state index contributed by atoms with van der Waals surface area (Å²) in [7, 11) is 0. The third-order valence-corrected chi connectivity index (χ3v) is 10.2. The van der Waals surface area contributed by atoms with E-state index in [0.717, 1.165) is 0 Å². The normalized spacial score (nSPS) is 40.8. The van der Waals surface area contributed by atoms with E-state index in [0.29, 0.717) is 29.6 Å². The van der Waals surface area contributed by atoms with Crippen LogP contribution in [0.4, 0.5) is 0 Å². The fraction of sp³-hybridized carbons (Fsp3) is 0.700. The zero-order valence-corrected chi connectivity index (χ0v) is 23.3. The maximum absolute atomic E-state index is 13.2. The van der Waals surface area contributed by atoms with Crippen molar-refractivity contribution < 1.29 is 34.1 Å². The minimum Gasteiger partial charge on any atom is -0.454 e. The van der Waals surface area contributed by atoms with E-state index in [1.165, 1.54) is 0 Å². The number of allylic oxidation sites excluding steroid dienone is 2. The average molecular weight is 515 g/mol. The van der Waals surface area contributed by atoms with Crippen LogP contribution in [0.1, 0.15) is 68.2 Å². The van der Waals surface area contributed by atoms with Gasteiger partial charge >= 0.3 is 11.9 Å². The van der Waals surface area contributed by atoms with E-state index in [9.17, 15) is 24.6 Å². The van der Waals surface area contributed by atoms with Crippen LogP contribution in [0.25, 0.3) is 0 Å². The molecule has 2 saturated carbocycles. The Hall–Kier alpha value is -2.25. The van der Waals surface area contributed by atoms with Crippen LogP contribution < -0.4 is 0 Å². The molecule has 37 heavy (non-hydrogen) atoms. The number of hydrogen-bond donors (Lipinski definition) is 2. The first kappa shape index (κ1) is 27.8. The van der Waals surface area contributed by atoms with E-state index in [-0.39, 0.29) is 30.2 Å². The van der Waals surface area contributed by atoms with Crippen LogP contribution >= 0.6 is 0 Å². The summed E-state index contributed by atoms with van der Waals surface area (Å²) in [5.41, 5.74) is -1.51. The zero-order valence-electron chi connectivity index (χ0n) is 23.3. The van der Waals surface area contributed by atoms with Crippen LogP contribution in [-0.2, 0) is 23.9 Å². The number of rotatable bonds is 6. The summed E-state index contributed by atoms with van der Waals surface area (Å²) in [6.45, 7) is 14.5. The molecule has 0 spiro atoms. The lowest BCUT2D eigenvalue weighted by Crippen LogP contribution is -2.63. The molecule has 0 radical (unpaired) electrons. The summed E-state index contributed by atoms with van der Waals surface area (Å²) >= 11 is 0. The third kappa shape index (κ3) is 3.71. The lowest BCUT2D eigenvalue weighted by Gasteiger charge is -2.52. The molecule has 0 aromatic rings. The first-order valence-electron chi connectivity index (χ1n) is 13.6. The highest BCUT2D eigenvalue weighted by molar-refractivity contribution is 6.00. The summed E-state index contributed by atoms with van der Waals surface area (Å²) < 4.78 is 12.5. The Morgan fingerprint density at radius 1 is 1.24 bits per heavy atom. The molecule has 4 aliphatic carbocycles. The van der Waals surface area contributed by atoms with Gasteiger partial charge in [-0.25, -0.2) is 4.79 Å². The van der Waals surface area contributed by atoms with Crippen molar-refractivity contribution in [2.45, 2.75) is 85.5 Å². The Bertz CT molecular complexity index is 1100. The van der Waals surface area contributed by atoms with Crippen molar-refractivity contribution in [3.05, 3.63) is 34.9 Å². The smallest absolute Gasteiger partial charge is 0.333 e.